The quantitative estimate of drug-likeness (QED) is 0.766. The third kappa shape index (κ3) is 3.40. The summed E-state index contributed by atoms with van der Waals surface area (Å²) < 4.78 is 1.08. The van der Waals surface area contributed by atoms with Gasteiger partial charge in [-0.05, 0) is 72.4 Å². The van der Waals surface area contributed by atoms with Gasteiger partial charge in [-0.3, -0.25) is 4.79 Å². The topological polar surface area (TPSA) is 48.1 Å². The molecule has 134 valence electrons. The van der Waals surface area contributed by atoms with Crippen LogP contribution in [0.4, 0.5) is 0 Å². The smallest absolute Gasteiger partial charge is 0.230 e. The Morgan fingerprint density at radius 3 is 2.80 bits per heavy atom. The molecular formula is C20H26BrN3O. The van der Waals surface area contributed by atoms with Gasteiger partial charge >= 0.3 is 0 Å². The normalized spacial score (nSPS) is 16.4. The van der Waals surface area contributed by atoms with Gasteiger partial charge in [0.1, 0.15) is 0 Å². The van der Waals surface area contributed by atoms with E-state index in [2.05, 4.69) is 50.5 Å². The fraction of sp³-hybridized carbons (Fsp3) is 0.450. The van der Waals surface area contributed by atoms with E-state index in [1.807, 2.05) is 25.8 Å². The van der Waals surface area contributed by atoms with Crippen molar-refractivity contribution >= 4 is 38.3 Å². The van der Waals surface area contributed by atoms with E-state index < -0.39 is 0 Å². The second kappa shape index (κ2) is 7.75. The second-order valence-corrected chi connectivity index (χ2v) is 7.31. The number of rotatable bonds is 6. The molecule has 0 bridgehead atoms. The zero-order valence-corrected chi connectivity index (χ0v) is 16.7. The Labute approximate surface area is 157 Å². The van der Waals surface area contributed by atoms with E-state index in [-0.39, 0.29) is 11.8 Å². The summed E-state index contributed by atoms with van der Waals surface area (Å²) >= 11 is 3.65. The number of nitrogens with zero attached hydrogens (tertiary/aromatic N) is 1. The fourth-order valence-corrected chi connectivity index (χ4v) is 4.41. The number of carbonyl (C=O) groups excluding carboxylic acids is 1. The Kier molecular flexibility index (Phi) is 5.64. The van der Waals surface area contributed by atoms with Crippen LogP contribution in [-0.4, -0.2) is 42.5 Å². The number of nitrogens with one attached hydrogen (secondary N) is 2. The lowest BCUT2D eigenvalue weighted by Gasteiger charge is -2.25. The summed E-state index contributed by atoms with van der Waals surface area (Å²) in [6.45, 7) is 6.25. The maximum absolute atomic E-state index is 12.9. The van der Waals surface area contributed by atoms with Crippen LogP contribution in [0.3, 0.4) is 0 Å². The summed E-state index contributed by atoms with van der Waals surface area (Å²) in [6, 6.07) is 6.38. The standard InChI is InChI=1S/C20H26BrN3O/c1-4-24(5-2)20(25)14(12-22-3)11-13-9-10-16-18-15(13)7-6-8-17(18)23-19(16)21/h6-8,11,14,22-23H,4-5,9-10,12H2,1-3H3/b13-11+. The van der Waals surface area contributed by atoms with Gasteiger partial charge in [-0.25, -0.2) is 0 Å². The van der Waals surface area contributed by atoms with Crippen LogP contribution < -0.4 is 5.32 Å². The number of hydrogen-bond acceptors (Lipinski definition) is 2. The monoisotopic (exact) mass is 403 g/mol. The molecule has 0 saturated carbocycles. The molecular weight excluding hydrogens is 378 g/mol. The second-order valence-electron chi connectivity index (χ2n) is 6.51. The van der Waals surface area contributed by atoms with Gasteiger partial charge < -0.3 is 15.2 Å². The Bertz CT molecular complexity index is 805. The first kappa shape index (κ1) is 18.2. The van der Waals surface area contributed by atoms with E-state index in [4.69, 9.17) is 0 Å². The summed E-state index contributed by atoms with van der Waals surface area (Å²) in [5.41, 5.74) is 5.05. The third-order valence-corrected chi connectivity index (χ3v) is 5.76. The van der Waals surface area contributed by atoms with Gasteiger partial charge in [0.15, 0.2) is 0 Å². The molecule has 1 unspecified atom stereocenters. The number of aromatic amines is 1. The molecule has 1 aliphatic carbocycles. The first-order chi connectivity index (χ1) is 12.1. The van der Waals surface area contributed by atoms with Gasteiger partial charge in [0.25, 0.3) is 0 Å². The molecule has 4 nitrogen and oxygen atoms in total. The maximum atomic E-state index is 12.9. The molecule has 0 saturated heterocycles. The molecule has 0 radical (unpaired) electrons. The molecule has 1 heterocycles. The lowest BCUT2D eigenvalue weighted by atomic mass is 9.86. The molecule has 0 fully saturated rings. The molecule has 25 heavy (non-hydrogen) atoms. The highest BCUT2D eigenvalue weighted by Crippen LogP contribution is 2.40. The van der Waals surface area contributed by atoms with E-state index in [1.54, 1.807) is 0 Å². The molecule has 2 aromatic rings. The number of halogens is 1. The van der Waals surface area contributed by atoms with E-state index in [1.165, 1.54) is 22.1 Å². The summed E-state index contributed by atoms with van der Waals surface area (Å²) in [4.78, 5) is 18.2. The number of allylic oxidation sites excluding steroid dienone is 1. The summed E-state index contributed by atoms with van der Waals surface area (Å²) in [5, 5.41) is 4.48. The number of H-pyrrole nitrogens is 1. The lowest BCUT2D eigenvalue weighted by molar-refractivity contribution is -0.133. The Morgan fingerprint density at radius 1 is 1.36 bits per heavy atom. The predicted octanol–water partition coefficient (Wildman–Crippen LogP) is 3.96. The Hall–Kier alpha value is -1.59. The summed E-state index contributed by atoms with van der Waals surface area (Å²) in [7, 11) is 1.91. The maximum Gasteiger partial charge on any atom is 0.230 e. The minimum atomic E-state index is -0.126. The molecule has 1 aromatic heterocycles. The van der Waals surface area contributed by atoms with Crippen LogP contribution in [0.25, 0.3) is 16.5 Å². The SMILES string of the molecule is CCN(CC)C(=O)C(/C=C1\CCc2c(Br)[nH]c3cccc1c23)CNC. The number of amides is 1. The molecule has 1 aliphatic rings. The van der Waals surface area contributed by atoms with Crippen molar-refractivity contribution in [3.8, 4) is 0 Å². The van der Waals surface area contributed by atoms with Crippen LogP contribution in [0.5, 0.6) is 0 Å². The largest absolute Gasteiger partial charge is 0.349 e. The van der Waals surface area contributed by atoms with Gasteiger partial charge in [0.05, 0.1) is 10.5 Å². The Morgan fingerprint density at radius 2 is 2.12 bits per heavy atom. The average molecular weight is 404 g/mol. The highest BCUT2D eigenvalue weighted by atomic mass is 79.9. The molecule has 1 aromatic carbocycles. The number of aryl methyl sites for hydroxylation is 1. The molecule has 3 rings (SSSR count). The van der Waals surface area contributed by atoms with Crippen LogP contribution in [0.2, 0.25) is 0 Å². The van der Waals surface area contributed by atoms with Crippen molar-refractivity contribution in [1.82, 2.24) is 15.2 Å². The molecule has 2 N–H and O–H groups in total. The van der Waals surface area contributed by atoms with Crippen molar-refractivity contribution in [3.63, 3.8) is 0 Å². The van der Waals surface area contributed by atoms with Crippen molar-refractivity contribution in [3.05, 3.63) is 40.0 Å². The van der Waals surface area contributed by atoms with Crippen molar-refractivity contribution in [1.29, 1.82) is 0 Å². The van der Waals surface area contributed by atoms with Gasteiger partial charge in [0.2, 0.25) is 5.91 Å². The number of carbonyl (C=O) groups is 1. The zero-order valence-electron chi connectivity index (χ0n) is 15.2. The van der Waals surface area contributed by atoms with Crippen molar-refractivity contribution in [2.24, 2.45) is 5.92 Å². The van der Waals surface area contributed by atoms with Gasteiger partial charge in [-0.2, -0.15) is 0 Å². The van der Waals surface area contributed by atoms with E-state index in [9.17, 15) is 4.79 Å². The number of aromatic nitrogens is 1. The molecule has 0 spiro atoms. The number of hydrogen-bond donors (Lipinski definition) is 2. The minimum absolute atomic E-state index is 0.126. The predicted molar refractivity (Wildman–Crippen MR) is 108 cm³/mol. The fourth-order valence-electron chi connectivity index (χ4n) is 3.80. The van der Waals surface area contributed by atoms with Gasteiger partial charge in [-0.1, -0.05) is 18.2 Å². The highest BCUT2D eigenvalue weighted by Gasteiger charge is 2.24. The first-order valence-corrected chi connectivity index (χ1v) is 9.83. The number of benzene rings is 1. The van der Waals surface area contributed by atoms with Crippen LogP contribution in [0, 0.1) is 5.92 Å². The first-order valence-electron chi connectivity index (χ1n) is 9.04. The molecule has 5 heteroatoms. The van der Waals surface area contributed by atoms with Gasteiger partial charge in [0, 0.05) is 30.5 Å². The zero-order chi connectivity index (χ0) is 18.0. The van der Waals surface area contributed by atoms with Crippen LogP contribution in [-0.2, 0) is 11.2 Å². The third-order valence-electron chi connectivity index (χ3n) is 5.08. The van der Waals surface area contributed by atoms with Crippen LogP contribution in [0.15, 0.2) is 28.9 Å². The van der Waals surface area contributed by atoms with Crippen LogP contribution >= 0.6 is 15.9 Å². The summed E-state index contributed by atoms with van der Waals surface area (Å²) in [6.07, 6.45) is 4.15. The Balaban J connectivity index is 2.02. The van der Waals surface area contributed by atoms with E-state index >= 15 is 0 Å². The van der Waals surface area contributed by atoms with Crippen molar-refractivity contribution < 1.29 is 4.79 Å². The molecule has 1 atom stereocenters. The van der Waals surface area contributed by atoms with Crippen molar-refractivity contribution in [2.75, 3.05) is 26.7 Å². The summed E-state index contributed by atoms with van der Waals surface area (Å²) in [5.74, 6) is 0.0826. The highest BCUT2D eigenvalue weighted by molar-refractivity contribution is 9.10. The van der Waals surface area contributed by atoms with Gasteiger partial charge in [-0.15, -0.1) is 0 Å². The minimum Gasteiger partial charge on any atom is -0.349 e. The van der Waals surface area contributed by atoms with Crippen LogP contribution in [0.1, 0.15) is 31.4 Å². The van der Waals surface area contributed by atoms with E-state index in [0.717, 1.165) is 36.1 Å². The average Bonchev–Trinajstić information content (AvgIpc) is 2.94. The lowest BCUT2D eigenvalue weighted by Crippen LogP contribution is -2.39. The van der Waals surface area contributed by atoms with E-state index in [0.29, 0.717) is 6.54 Å². The molecule has 0 aliphatic heterocycles. The molecule has 1 amide bonds. The van der Waals surface area contributed by atoms with Crippen molar-refractivity contribution in [2.45, 2.75) is 26.7 Å².